The SMILES string of the molecule is O=C(N[C@H]1C=CS(=O)(=O)C1)C1CCN(S(=O)(=O)c2ccc(F)cc2)CC1. The Morgan fingerprint density at radius 2 is 1.77 bits per heavy atom. The number of halogens is 1. The fraction of sp³-hybridized carbons (Fsp3) is 0.438. The second-order valence-corrected chi connectivity index (χ2v) is 10.3. The lowest BCUT2D eigenvalue weighted by molar-refractivity contribution is -0.126. The molecule has 1 amide bonds. The van der Waals surface area contributed by atoms with Crippen LogP contribution < -0.4 is 5.32 Å². The van der Waals surface area contributed by atoms with Crippen LogP contribution in [0.1, 0.15) is 12.8 Å². The molecule has 0 aromatic heterocycles. The van der Waals surface area contributed by atoms with E-state index in [4.69, 9.17) is 0 Å². The molecule has 0 saturated carbocycles. The summed E-state index contributed by atoms with van der Waals surface area (Å²) in [6.45, 7) is 0.354. The summed E-state index contributed by atoms with van der Waals surface area (Å²) in [6, 6.07) is 4.09. The van der Waals surface area contributed by atoms with Gasteiger partial charge in [0.15, 0.2) is 9.84 Å². The standard InChI is InChI=1S/C16H19FN2O5S2/c17-13-1-3-15(4-2-13)26(23,24)19-8-5-12(6-9-19)16(20)18-14-7-10-25(21,22)11-14/h1-4,7,10,12,14H,5-6,8-9,11H2,(H,18,20)/t14-/m0/s1. The molecule has 0 unspecified atom stereocenters. The Kier molecular flexibility index (Phi) is 5.18. The number of nitrogens with one attached hydrogen (secondary N) is 1. The highest BCUT2D eigenvalue weighted by Crippen LogP contribution is 2.24. The lowest BCUT2D eigenvalue weighted by Gasteiger charge is -2.31. The van der Waals surface area contributed by atoms with E-state index in [1.807, 2.05) is 0 Å². The molecule has 1 fully saturated rings. The van der Waals surface area contributed by atoms with Crippen molar-refractivity contribution in [2.75, 3.05) is 18.8 Å². The first-order valence-electron chi connectivity index (χ1n) is 8.14. The number of carbonyl (C=O) groups is 1. The van der Waals surface area contributed by atoms with Gasteiger partial charge in [-0.3, -0.25) is 4.79 Å². The van der Waals surface area contributed by atoms with Gasteiger partial charge in [0, 0.05) is 24.4 Å². The molecule has 1 saturated heterocycles. The first-order chi connectivity index (χ1) is 12.2. The molecule has 0 aliphatic carbocycles. The zero-order valence-electron chi connectivity index (χ0n) is 13.8. The van der Waals surface area contributed by atoms with Crippen LogP contribution in [0.3, 0.4) is 0 Å². The smallest absolute Gasteiger partial charge is 0.243 e. The topological polar surface area (TPSA) is 101 Å². The van der Waals surface area contributed by atoms with E-state index < -0.39 is 31.7 Å². The van der Waals surface area contributed by atoms with Crippen LogP contribution in [0.2, 0.25) is 0 Å². The Labute approximate surface area is 151 Å². The summed E-state index contributed by atoms with van der Waals surface area (Å²) in [7, 11) is -6.96. The normalized spacial score (nSPS) is 23.8. The van der Waals surface area contributed by atoms with Crippen molar-refractivity contribution in [3.05, 3.63) is 41.6 Å². The monoisotopic (exact) mass is 402 g/mol. The molecule has 10 heteroatoms. The number of amides is 1. The van der Waals surface area contributed by atoms with Gasteiger partial charge in [-0.1, -0.05) is 0 Å². The Morgan fingerprint density at radius 1 is 1.15 bits per heavy atom. The van der Waals surface area contributed by atoms with Crippen LogP contribution in [-0.4, -0.2) is 51.9 Å². The summed E-state index contributed by atoms with van der Waals surface area (Å²) in [4.78, 5) is 12.3. The molecule has 2 aliphatic rings. The van der Waals surface area contributed by atoms with Crippen molar-refractivity contribution < 1.29 is 26.0 Å². The van der Waals surface area contributed by atoms with E-state index in [0.29, 0.717) is 12.8 Å². The van der Waals surface area contributed by atoms with Gasteiger partial charge < -0.3 is 5.32 Å². The molecule has 3 rings (SSSR count). The highest BCUT2D eigenvalue weighted by Gasteiger charge is 2.33. The Hall–Kier alpha value is -1.78. The van der Waals surface area contributed by atoms with E-state index in [0.717, 1.165) is 17.5 Å². The third kappa shape index (κ3) is 4.13. The summed E-state index contributed by atoms with van der Waals surface area (Å²) in [5.74, 6) is -1.29. The number of sulfone groups is 1. The molecule has 26 heavy (non-hydrogen) atoms. The lowest BCUT2D eigenvalue weighted by Crippen LogP contribution is -2.45. The van der Waals surface area contributed by atoms with E-state index in [1.54, 1.807) is 0 Å². The number of carbonyl (C=O) groups excluding carboxylic acids is 1. The van der Waals surface area contributed by atoms with E-state index in [2.05, 4.69) is 5.32 Å². The second kappa shape index (κ2) is 7.09. The van der Waals surface area contributed by atoms with Crippen LogP contribution in [0, 0.1) is 11.7 Å². The quantitative estimate of drug-likeness (QED) is 0.797. The Balaban J connectivity index is 1.58. The number of rotatable bonds is 4. The van der Waals surface area contributed by atoms with Gasteiger partial charge in [0.05, 0.1) is 16.7 Å². The molecule has 142 valence electrons. The van der Waals surface area contributed by atoms with Crippen molar-refractivity contribution in [1.82, 2.24) is 9.62 Å². The van der Waals surface area contributed by atoms with E-state index >= 15 is 0 Å². The molecule has 2 heterocycles. The number of sulfonamides is 1. The minimum Gasteiger partial charge on any atom is -0.349 e. The number of hydrogen-bond donors (Lipinski definition) is 1. The molecule has 2 aliphatic heterocycles. The number of nitrogens with zero attached hydrogens (tertiary/aromatic N) is 1. The van der Waals surface area contributed by atoms with Crippen LogP contribution in [0.5, 0.6) is 0 Å². The van der Waals surface area contributed by atoms with Gasteiger partial charge in [0.25, 0.3) is 0 Å². The van der Waals surface area contributed by atoms with E-state index in [-0.39, 0.29) is 35.6 Å². The third-order valence-electron chi connectivity index (χ3n) is 4.53. The molecule has 7 nitrogen and oxygen atoms in total. The molecule has 1 atom stereocenters. The molecule has 1 aromatic carbocycles. The molecular formula is C16H19FN2O5S2. The van der Waals surface area contributed by atoms with Gasteiger partial charge in [0.2, 0.25) is 15.9 Å². The predicted octanol–water partition coefficient (Wildman–Crippen LogP) is 0.653. The van der Waals surface area contributed by atoms with Crippen LogP contribution in [-0.2, 0) is 24.7 Å². The van der Waals surface area contributed by atoms with Gasteiger partial charge in [-0.25, -0.2) is 21.2 Å². The van der Waals surface area contributed by atoms with Gasteiger partial charge in [-0.2, -0.15) is 4.31 Å². The zero-order chi connectivity index (χ0) is 18.9. The van der Waals surface area contributed by atoms with Gasteiger partial charge in [-0.05, 0) is 43.2 Å². The van der Waals surface area contributed by atoms with E-state index in [9.17, 15) is 26.0 Å². The molecule has 1 N–H and O–H groups in total. The highest BCUT2D eigenvalue weighted by molar-refractivity contribution is 7.94. The Bertz CT molecular complexity index is 918. The second-order valence-electron chi connectivity index (χ2n) is 6.41. The average molecular weight is 402 g/mol. The first-order valence-corrected chi connectivity index (χ1v) is 11.3. The van der Waals surface area contributed by atoms with Gasteiger partial charge in [0.1, 0.15) is 5.82 Å². The van der Waals surface area contributed by atoms with Crippen molar-refractivity contribution in [1.29, 1.82) is 0 Å². The summed E-state index contributed by atoms with van der Waals surface area (Å²) in [5, 5.41) is 3.77. The first kappa shape index (κ1) is 19.0. The molecular weight excluding hydrogens is 383 g/mol. The third-order valence-corrected chi connectivity index (χ3v) is 7.84. The minimum atomic E-state index is -3.72. The van der Waals surface area contributed by atoms with Crippen molar-refractivity contribution >= 4 is 25.8 Å². The number of piperidine rings is 1. The molecule has 0 radical (unpaired) electrons. The summed E-state index contributed by atoms with van der Waals surface area (Å²) in [6.07, 6.45) is 2.13. The maximum absolute atomic E-state index is 13.0. The van der Waals surface area contributed by atoms with Crippen LogP contribution in [0.15, 0.2) is 40.6 Å². The summed E-state index contributed by atoms with van der Waals surface area (Å²) >= 11 is 0. The summed E-state index contributed by atoms with van der Waals surface area (Å²) < 4.78 is 62.1. The van der Waals surface area contributed by atoms with Gasteiger partial charge in [-0.15, -0.1) is 0 Å². The largest absolute Gasteiger partial charge is 0.349 e. The maximum atomic E-state index is 13.0. The van der Waals surface area contributed by atoms with Gasteiger partial charge >= 0.3 is 0 Å². The number of hydrogen-bond acceptors (Lipinski definition) is 5. The van der Waals surface area contributed by atoms with Crippen molar-refractivity contribution in [2.45, 2.75) is 23.8 Å². The van der Waals surface area contributed by atoms with Crippen LogP contribution in [0.25, 0.3) is 0 Å². The highest BCUT2D eigenvalue weighted by atomic mass is 32.2. The molecule has 1 aromatic rings. The van der Waals surface area contributed by atoms with Crippen molar-refractivity contribution in [2.24, 2.45) is 5.92 Å². The summed E-state index contributed by atoms with van der Waals surface area (Å²) in [5.41, 5.74) is 0. The predicted molar refractivity (Wildman–Crippen MR) is 92.7 cm³/mol. The fourth-order valence-corrected chi connectivity index (χ4v) is 5.79. The molecule has 0 bridgehead atoms. The van der Waals surface area contributed by atoms with Crippen molar-refractivity contribution in [3.8, 4) is 0 Å². The Morgan fingerprint density at radius 3 is 2.31 bits per heavy atom. The van der Waals surface area contributed by atoms with Crippen LogP contribution in [0.4, 0.5) is 4.39 Å². The van der Waals surface area contributed by atoms with Crippen LogP contribution >= 0.6 is 0 Å². The fourth-order valence-electron chi connectivity index (χ4n) is 3.08. The lowest BCUT2D eigenvalue weighted by atomic mass is 9.97. The van der Waals surface area contributed by atoms with Crippen molar-refractivity contribution in [3.63, 3.8) is 0 Å². The molecule has 0 spiro atoms. The minimum absolute atomic E-state index is 0.0168. The average Bonchev–Trinajstić information content (AvgIpc) is 2.94. The zero-order valence-corrected chi connectivity index (χ0v) is 15.5. The van der Waals surface area contributed by atoms with E-state index in [1.165, 1.54) is 22.5 Å². The maximum Gasteiger partial charge on any atom is 0.243 e. The number of benzene rings is 1.